The minimum atomic E-state index is 0.647. The van der Waals surface area contributed by atoms with Crippen molar-refractivity contribution in [1.82, 2.24) is 4.98 Å². The van der Waals surface area contributed by atoms with Crippen LogP contribution in [0.15, 0.2) is 51.4 Å². The molecule has 0 unspecified atom stereocenters. The molecule has 0 bridgehead atoms. The number of H-pyrrole nitrogens is 1. The fourth-order valence-electron chi connectivity index (χ4n) is 2.10. The second-order valence-electron chi connectivity index (χ2n) is 4.44. The summed E-state index contributed by atoms with van der Waals surface area (Å²) in [6.07, 6.45) is 0. The summed E-state index contributed by atoms with van der Waals surface area (Å²) in [6.45, 7) is 0.647. The molecule has 1 aromatic heterocycles. The minimum Gasteiger partial charge on any atom is -0.379 e. The normalized spacial score (nSPS) is 10.9. The average Bonchev–Trinajstić information content (AvgIpc) is 2.75. The van der Waals surface area contributed by atoms with Gasteiger partial charge in [0, 0.05) is 25.5 Å². The van der Waals surface area contributed by atoms with Crippen LogP contribution in [0.25, 0.3) is 10.9 Å². The molecule has 0 fully saturated rings. The Bertz CT molecular complexity index is 768. The highest BCUT2D eigenvalue weighted by Gasteiger charge is 2.09. The van der Waals surface area contributed by atoms with E-state index in [-0.39, 0.29) is 0 Å². The van der Waals surface area contributed by atoms with E-state index in [1.54, 1.807) is 0 Å². The standard InChI is InChI=1S/C15H11Br2ClN2/c16-9-5-6-13(11(17)7-9)19-8-14-15(18)10-3-1-2-4-12(10)20-14/h1-7,19-20H,8H2. The van der Waals surface area contributed by atoms with Gasteiger partial charge in [0.05, 0.1) is 17.3 Å². The zero-order chi connectivity index (χ0) is 14.1. The smallest absolute Gasteiger partial charge is 0.0710 e. The molecule has 0 aliphatic rings. The van der Waals surface area contributed by atoms with E-state index < -0.39 is 0 Å². The average molecular weight is 415 g/mol. The molecule has 0 spiro atoms. The second kappa shape index (κ2) is 5.80. The van der Waals surface area contributed by atoms with Crippen LogP contribution in [-0.2, 0) is 6.54 Å². The van der Waals surface area contributed by atoms with Crippen molar-refractivity contribution in [2.24, 2.45) is 0 Å². The highest BCUT2D eigenvalue weighted by atomic mass is 79.9. The van der Waals surface area contributed by atoms with Crippen molar-refractivity contribution < 1.29 is 0 Å². The molecule has 3 rings (SSSR count). The molecule has 0 saturated carbocycles. The molecule has 2 N–H and O–H groups in total. The number of fused-ring (bicyclic) bond motifs is 1. The number of hydrogen-bond acceptors (Lipinski definition) is 1. The quantitative estimate of drug-likeness (QED) is 0.544. The van der Waals surface area contributed by atoms with Crippen LogP contribution in [0.3, 0.4) is 0 Å². The number of halogens is 3. The molecule has 3 aromatic rings. The third-order valence-electron chi connectivity index (χ3n) is 3.10. The summed E-state index contributed by atoms with van der Waals surface area (Å²) in [6, 6.07) is 14.1. The third kappa shape index (κ3) is 2.73. The van der Waals surface area contributed by atoms with E-state index in [2.05, 4.69) is 42.2 Å². The first-order valence-corrected chi connectivity index (χ1v) is 8.05. The van der Waals surface area contributed by atoms with Crippen molar-refractivity contribution in [3.63, 3.8) is 0 Å². The largest absolute Gasteiger partial charge is 0.379 e. The molecule has 0 saturated heterocycles. The van der Waals surface area contributed by atoms with Crippen LogP contribution in [0, 0.1) is 0 Å². The van der Waals surface area contributed by atoms with Crippen LogP contribution < -0.4 is 5.32 Å². The molecule has 0 aliphatic heterocycles. The highest BCUT2D eigenvalue weighted by molar-refractivity contribution is 9.11. The number of nitrogens with one attached hydrogen (secondary N) is 2. The van der Waals surface area contributed by atoms with E-state index in [4.69, 9.17) is 11.6 Å². The van der Waals surface area contributed by atoms with Crippen LogP contribution in [0.5, 0.6) is 0 Å². The first kappa shape index (κ1) is 14.0. The van der Waals surface area contributed by atoms with Gasteiger partial charge in [-0.25, -0.2) is 0 Å². The Balaban J connectivity index is 1.85. The summed E-state index contributed by atoms with van der Waals surface area (Å²) in [5.41, 5.74) is 3.08. The maximum Gasteiger partial charge on any atom is 0.0710 e. The van der Waals surface area contributed by atoms with Gasteiger partial charge in [0.2, 0.25) is 0 Å². The van der Waals surface area contributed by atoms with Crippen molar-refractivity contribution >= 4 is 60.1 Å². The SMILES string of the molecule is Clc1c(CNc2ccc(Br)cc2Br)[nH]c2ccccc12. The Morgan fingerprint density at radius 3 is 2.65 bits per heavy atom. The van der Waals surface area contributed by atoms with Crippen LogP contribution in [0.2, 0.25) is 5.02 Å². The Morgan fingerprint density at radius 2 is 1.90 bits per heavy atom. The van der Waals surface area contributed by atoms with Gasteiger partial charge in [-0.15, -0.1) is 0 Å². The van der Waals surface area contributed by atoms with Gasteiger partial charge >= 0.3 is 0 Å². The molecule has 0 atom stereocenters. The number of aromatic amines is 1. The Hall–Kier alpha value is -0.970. The Labute approximate surface area is 138 Å². The summed E-state index contributed by atoms with van der Waals surface area (Å²) < 4.78 is 2.05. The van der Waals surface area contributed by atoms with Gasteiger partial charge in [0.1, 0.15) is 0 Å². The number of hydrogen-bond donors (Lipinski definition) is 2. The molecule has 102 valence electrons. The van der Waals surface area contributed by atoms with E-state index in [1.807, 2.05) is 42.5 Å². The molecular weight excluding hydrogens is 403 g/mol. The molecule has 1 heterocycles. The van der Waals surface area contributed by atoms with E-state index in [9.17, 15) is 0 Å². The zero-order valence-electron chi connectivity index (χ0n) is 10.4. The van der Waals surface area contributed by atoms with Crippen LogP contribution in [0.4, 0.5) is 5.69 Å². The van der Waals surface area contributed by atoms with Crippen molar-refractivity contribution in [3.05, 3.63) is 62.1 Å². The number of anilines is 1. The van der Waals surface area contributed by atoms with Crippen molar-refractivity contribution in [2.45, 2.75) is 6.54 Å². The maximum atomic E-state index is 6.40. The lowest BCUT2D eigenvalue weighted by Crippen LogP contribution is -2.00. The first-order chi connectivity index (χ1) is 9.65. The lowest BCUT2D eigenvalue weighted by atomic mass is 10.2. The highest BCUT2D eigenvalue weighted by Crippen LogP contribution is 2.30. The van der Waals surface area contributed by atoms with Gasteiger partial charge in [-0.1, -0.05) is 45.7 Å². The minimum absolute atomic E-state index is 0.647. The predicted octanol–water partition coefficient (Wildman–Crippen LogP) is 5.96. The Morgan fingerprint density at radius 1 is 1.10 bits per heavy atom. The van der Waals surface area contributed by atoms with Crippen molar-refractivity contribution in [1.29, 1.82) is 0 Å². The van der Waals surface area contributed by atoms with Crippen molar-refractivity contribution in [2.75, 3.05) is 5.32 Å². The summed E-state index contributed by atoms with van der Waals surface area (Å²) >= 11 is 13.4. The lowest BCUT2D eigenvalue weighted by molar-refractivity contribution is 1.08. The third-order valence-corrected chi connectivity index (χ3v) is 4.68. The van der Waals surface area contributed by atoms with Gasteiger partial charge in [0.15, 0.2) is 0 Å². The molecule has 2 aromatic carbocycles. The number of benzene rings is 2. The van der Waals surface area contributed by atoms with E-state index in [0.29, 0.717) is 6.54 Å². The van der Waals surface area contributed by atoms with E-state index >= 15 is 0 Å². The zero-order valence-corrected chi connectivity index (χ0v) is 14.3. The van der Waals surface area contributed by atoms with Crippen LogP contribution in [-0.4, -0.2) is 4.98 Å². The van der Waals surface area contributed by atoms with Gasteiger partial charge in [0.25, 0.3) is 0 Å². The molecule has 0 aliphatic carbocycles. The molecule has 5 heteroatoms. The summed E-state index contributed by atoms with van der Waals surface area (Å²) in [5.74, 6) is 0. The number of para-hydroxylation sites is 1. The van der Waals surface area contributed by atoms with Crippen LogP contribution in [0.1, 0.15) is 5.69 Å². The van der Waals surface area contributed by atoms with Gasteiger partial charge in [-0.2, -0.15) is 0 Å². The fraction of sp³-hybridized carbons (Fsp3) is 0.0667. The fourth-order valence-corrected chi connectivity index (χ4v) is 3.57. The molecule has 2 nitrogen and oxygen atoms in total. The maximum absolute atomic E-state index is 6.40. The predicted molar refractivity (Wildman–Crippen MR) is 92.5 cm³/mol. The Kier molecular flexibility index (Phi) is 4.06. The topological polar surface area (TPSA) is 27.8 Å². The lowest BCUT2D eigenvalue weighted by Gasteiger charge is -2.08. The first-order valence-electron chi connectivity index (χ1n) is 6.09. The summed E-state index contributed by atoms with van der Waals surface area (Å²) in [5, 5.41) is 5.21. The van der Waals surface area contributed by atoms with E-state index in [0.717, 1.165) is 36.3 Å². The van der Waals surface area contributed by atoms with Gasteiger partial charge in [-0.3, -0.25) is 0 Å². The van der Waals surface area contributed by atoms with Gasteiger partial charge < -0.3 is 10.3 Å². The summed E-state index contributed by atoms with van der Waals surface area (Å²) in [7, 11) is 0. The van der Waals surface area contributed by atoms with E-state index in [1.165, 1.54) is 0 Å². The molecule has 0 amide bonds. The molecular formula is C15H11Br2ClN2. The van der Waals surface area contributed by atoms with Crippen LogP contribution >= 0.6 is 43.5 Å². The van der Waals surface area contributed by atoms with Gasteiger partial charge in [-0.05, 0) is 40.2 Å². The number of rotatable bonds is 3. The van der Waals surface area contributed by atoms with Crippen molar-refractivity contribution in [3.8, 4) is 0 Å². The molecule has 0 radical (unpaired) electrons. The second-order valence-corrected chi connectivity index (χ2v) is 6.59. The number of aromatic nitrogens is 1. The summed E-state index contributed by atoms with van der Waals surface area (Å²) in [4.78, 5) is 3.35. The monoisotopic (exact) mass is 412 g/mol. The molecule has 20 heavy (non-hydrogen) atoms.